The lowest BCUT2D eigenvalue weighted by Gasteiger charge is -2.04. The largest absolute Gasteiger partial charge is 0.411 e. The van der Waals surface area contributed by atoms with Crippen LogP contribution in [0, 0.1) is 10.1 Å². The molecule has 0 spiro atoms. The smallest absolute Gasteiger partial charge is 0.351 e. The minimum Gasteiger partial charge on any atom is -0.411 e. The van der Waals surface area contributed by atoms with Crippen LogP contribution in [0.5, 0.6) is 0 Å². The van der Waals surface area contributed by atoms with Gasteiger partial charge in [0.2, 0.25) is 11.4 Å². The fourth-order valence-electron chi connectivity index (χ4n) is 3.27. The van der Waals surface area contributed by atoms with E-state index in [-0.39, 0.29) is 28.1 Å². The summed E-state index contributed by atoms with van der Waals surface area (Å²) in [6.07, 6.45) is 4.51. The van der Waals surface area contributed by atoms with Crippen molar-refractivity contribution < 1.29 is 8.83 Å². The van der Waals surface area contributed by atoms with Crippen LogP contribution in [0.25, 0.3) is 27.0 Å². The van der Waals surface area contributed by atoms with Gasteiger partial charge in [-0.05, 0) is 59.1 Å². The first-order chi connectivity index (χ1) is 16.7. The Morgan fingerprint density at radius 1 is 0.857 bits per heavy atom. The fraction of sp³-hybridized carbons (Fsp3) is 0.286. The van der Waals surface area contributed by atoms with Gasteiger partial charge in [-0.2, -0.15) is 9.97 Å². The van der Waals surface area contributed by atoms with Crippen LogP contribution in [0.15, 0.2) is 38.3 Å². The number of aromatic nitrogens is 4. The molecule has 4 aromatic heterocycles. The number of thioether (sulfide) groups is 2. The number of aryl methyl sites for hydroxylation is 2. The van der Waals surface area contributed by atoms with E-state index in [1.54, 1.807) is 19.4 Å². The van der Waals surface area contributed by atoms with E-state index in [1.807, 2.05) is 29.5 Å². The van der Waals surface area contributed by atoms with E-state index in [0.717, 1.165) is 0 Å². The van der Waals surface area contributed by atoms with Crippen molar-refractivity contribution in [2.45, 2.75) is 37.0 Å². The molecule has 4 rings (SSSR count). The molecule has 0 atom stereocenters. The molecule has 0 aliphatic heterocycles. The summed E-state index contributed by atoms with van der Waals surface area (Å²) in [6, 6.07) is 0. The quantitative estimate of drug-likeness (QED) is 0.149. The second kappa shape index (κ2) is 11.2. The van der Waals surface area contributed by atoms with Crippen LogP contribution in [0.1, 0.15) is 25.0 Å². The number of hydrogen-bond donors (Lipinski definition) is 2. The summed E-state index contributed by atoms with van der Waals surface area (Å²) in [6.45, 7) is 10.6. The summed E-state index contributed by atoms with van der Waals surface area (Å²) in [5, 5.41) is 1.36. The fourth-order valence-corrected chi connectivity index (χ4v) is 4.77. The average Bonchev–Trinajstić information content (AvgIpc) is 2.84. The highest BCUT2D eigenvalue weighted by Crippen LogP contribution is 2.23. The monoisotopic (exact) mass is 627 g/mol. The molecule has 182 valence electrons. The molecule has 4 aromatic rings. The molecule has 0 saturated carbocycles. The topological polar surface area (TPSA) is 156 Å². The third-order valence-electron chi connectivity index (χ3n) is 4.84. The maximum atomic E-state index is 11.9. The van der Waals surface area contributed by atoms with Gasteiger partial charge in [0.15, 0.2) is 10.3 Å². The molecule has 14 heteroatoms. The molecule has 0 aliphatic carbocycles. The number of hydrogen-bond acceptors (Lipinski definition) is 10. The third-order valence-corrected chi connectivity index (χ3v) is 7.09. The van der Waals surface area contributed by atoms with Gasteiger partial charge in [0.05, 0.1) is 12.0 Å². The van der Waals surface area contributed by atoms with E-state index < -0.39 is 16.8 Å². The first-order valence-corrected chi connectivity index (χ1v) is 13.5. The Morgan fingerprint density at radius 3 is 1.74 bits per heavy atom. The maximum absolute atomic E-state index is 11.9. The summed E-state index contributed by atoms with van der Waals surface area (Å²) >= 11 is 4.42. The first-order valence-electron chi connectivity index (χ1n) is 10.0. The third kappa shape index (κ3) is 5.21. The SMILES string of the molecule is CCc1c(I)c(=O)oc2nc(SC)[nH]c(=O)c12.[C-]#[N+]c1c(CC)c2c(=O)[nH]c(SC)nc2oc1=O. The molecule has 0 radical (unpaired) electrons. The minimum atomic E-state index is -0.750. The molecule has 0 fully saturated rings. The molecule has 0 amide bonds. The maximum Gasteiger partial charge on any atom is 0.351 e. The predicted molar refractivity (Wildman–Crippen MR) is 143 cm³/mol. The van der Waals surface area contributed by atoms with Crippen molar-refractivity contribution in [3.63, 3.8) is 0 Å². The summed E-state index contributed by atoms with van der Waals surface area (Å²) < 4.78 is 10.4. The molecular weight excluding hydrogens is 609 g/mol. The van der Waals surface area contributed by atoms with Crippen molar-refractivity contribution in [3.8, 4) is 0 Å². The molecule has 11 nitrogen and oxygen atoms in total. The molecule has 2 N–H and O–H groups in total. The Labute approximate surface area is 219 Å². The van der Waals surface area contributed by atoms with Crippen LogP contribution in [0.4, 0.5) is 5.69 Å². The Bertz CT molecular complexity index is 1720. The Morgan fingerprint density at radius 2 is 1.31 bits per heavy atom. The number of H-pyrrole nitrogens is 2. The van der Waals surface area contributed by atoms with Gasteiger partial charge in [0.1, 0.15) is 8.96 Å². The number of fused-ring (bicyclic) bond motifs is 2. The van der Waals surface area contributed by atoms with Crippen molar-refractivity contribution >= 4 is 74.0 Å². The number of aromatic amines is 2. The second-order valence-electron chi connectivity index (χ2n) is 6.73. The summed E-state index contributed by atoms with van der Waals surface area (Å²) in [5.74, 6) is 0. The van der Waals surface area contributed by atoms with Crippen LogP contribution < -0.4 is 22.4 Å². The zero-order valence-corrected chi connectivity index (χ0v) is 22.7. The Kier molecular flexibility index (Phi) is 8.56. The number of nitrogens with one attached hydrogen (secondary N) is 2. The number of halogens is 1. The van der Waals surface area contributed by atoms with E-state index in [9.17, 15) is 19.2 Å². The lowest BCUT2D eigenvalue weighted by molar-refractivity contribution is 0.536. The van der Waals surface area contributed by atoms with Crippen LogP contribution in [-0.2, 0) is 12.8 Å². The summed E-state index contributed by atoms with van der Waals surface area (Å²) in [4.78, 5) is 63.6. The van der Waals surface area contributed by atoms with E-state index in [2.05, 4.69) is 24.8 Å². The normalized spacial score (nSPS) is 10.7. The van der Waals surface area contributed by atoms with Crippen molar-refractivity contribution in [2.24, 2.45) is 0 Å². The molecule has 0 aliphatic rings. The zero-order chi connectivity index (χ0) is 25.9. The average molecular weight is 627 g/mol. The Balaban J connectivity index is 0.000000196. The minimum absolute atomic E-state index is 0.0163. The summed E-state index contributed by atoms with van der Waals surface area (Å²) in [7, 11) is 0. The standard InChI is InChI=1S/C11H9N3O3S.C10H9IN2O3S/c1-4-5-6-8(15)13-11(18-3)14-9(6)17-10(16)7(5)12-2;1-3-4-5-7(14)12-10(17-2)13-8(5)16-9(15)6(4)11/h4H2,1,3H3,(H,13,14,15);3H2,1-2H3,(H,12,13,14). The molecule has 0 bridgehead atoms. The van der Waals surface area contributed by atoms with Crippen molar-refractivity contribution in [1.82, 2.24) is 19.9 Å². The highest BCUT2D eigenvalue weighted by atomic mass is 127. The number of nitrogens with zero attached hydrogens (tertiary/aromatic N) is 3. The van der Waals surface area contributed by atoms with Gasteiger partial charge in [-0.15, -0.1) is 0 Å². The molecular formula is C21H18IN5O6S2. The molecule has 4 heterocycles. The van der Waals surface area contributed by atoms with Gasteiger partial charge >= 0.3 is 11.3 Å². The van der Waals surface area contributed by atoms with Crippen LogP contribution in [-0.4, -0.2) is 32.4 Å². The van der Waals surface area contributed by atoms with Gasteiger partial charge in [-0.3, -0.25) is 14.4 Å². The van der Waals surface area contributed by atoms with Crippen molar-refractivity contribution in [1.29, 1.82) is 0 Å². The van der Waals surface area contributed by atoms with Gasteiger partial charge in [0.25, 0.3) is 16.8 Å². The molecule has 0 aromatic carbocycles. The first kappa shape index (κ1) is 26.7. The van der Waals surface area contributed by atoms with Gasteiger partial charge in [0, 0.05) is 0 Å². The highest BCUT2D eigenvalue weighted by molar-refractivity contribution is 14.1. The Hall–Kier alpha value is -2.90. The zero-order valence-electron chi connectivity index (χ0n) is 18.9. The van der Waals surface area contributed by atoms with E-state index >= 15 is 0 Å². The van der Waals surface area contributed by atoms with E-state index in [4.69, 9.17) is 15.4 Å². The molecule has 0 saturated heterocycles. The van der Waals surface area contributed by atoms with Gasteiger partial charge in [-0.25, -0.2) is 9.64 Å². The molecule has 0 unspecified atom stereocenters. The lowest BCUT2D eigenvalue weighted by Crippen LogP contribution is -2.17. The second-order valence-corrected chi connectivity index (χ2v) is 9.40. The van der Waals surface area contributed by atoms with Crippen LogP contribution in [0.3, 0.4) is 0 Å². The van der Waals surface area contributed by atoms with Crippen molar-refractivity contribution in [3.05, 3.63) is 67.7 Å². The van der Waals surface area contributed by atoms with Gasteiger partial charge in [-0.1, -0.05) is 37.4 Å². The van der Waals surface area contributed by atoms with E-state index in [1.165, 1.54) is 23.5 Å². The summed E-state index contributed by atoms with van der Waals surface area (Å²) in [5.41, 5.74) is -0.824. The predicted octanol–water partition coefficient (Wildman–Crippen LogP) is 3.48. The highest BCUT2D eigenvalue weighted by Gasteiger charge is 2.18. The van der Waals surface area contributed by atoms with Crippen LogP contribution in [0.2, 0.25) is 0 Å². The van der Waals surface area contributed by atoms with Crippen LogP contribution >= 0.6 is 46.1 Å². The van der Waals surface area contributed by atoms with Crippen molar-refractivity contribution in [2.75, 3.05) is 12.5 Å². The lowest BCUT2D eigenvalue weighted by atomic mass is 10.1. The molecule has 35 heavy (non-hydrogen) atoms. The van der Waals surface area contributed by atoms with Gasteiger partial charge < -0.3 is 18.8 Å². The number of rotatable bonds is 4. The van der Waals surface area contributed by atoms with E-state index in [0.29, 0.717) is 43.2 Å².